The molecule has 0 spiro atoms. The van der Waals surface area contributed by atoms with Gasteiger partial charge in [-0.3, -0.25) is 24.4 Å². The molecule has 0 radical (unpaired) electrons. The minimum Gasteiger partial charge on any atom is -0.465 e. The lowest BCUT2D eigenvalue weighted by molar-refractivity contribution is -0.146. The van der Waals surface area contributed by atoms with Crippen molar-refractivity contribution in [2.45, 2.75) is 57.8 Å². The molecule has 8 nitrogen and oxygen atoms in total. The van der Waals surface area contributed by atoms with Gasteiger partial charge in [-0.1, -0.05) is 38.1 Å². The molecule has 0 bridgehead atoms. The van der Waals surface area contributed by atoms with Gasteiger partial charge in [0.15, 0.2) is 0 Å². The molecule has 39 heavy (non-hydrogen) atoms. The quantitative estimate of drug-likeness (QED) is 0.275. The van der Waals surface area contributed by atoms with Gasteiger partial charge in [0.2, 0.25) is 0 Å². The van der Waals surface area contributed by atoms with Crippen molar-refractivity contribution in [1.29, 1.82) is 5.26 Å². The predicted molar refractivity (Wildman–Crippen MR) is 148 cm³/mol. The van der Waals surface area contributed by atoms with Gasteiger partial charge in [-0.15, -0.1) is 0 Å². The van der Waals surface area contributed by atoms with Crippen LogP contribution in [0.3, 0.4) is 0 Å². The summed E-state index contributed by atoms with van der Waals surface area (Å²) >= 11 is 0. The van der Waals surface area contributed by atoms with Crippen LogP contribution < -0.4 is 0 Å². The van der Waals surface area contributed by atoms with Crippen LogP contribution in [0, 0.1) is 11.3 Å². The molecule has 0 N–H and O–H groups in total. The summed E-state index contributed by atoms with van der Waals surface area (Å²) in [6, 6.07) is 12.2. The van der Waals surface area contributed by atoms with Crippen molar-refractivity contribution in [2.75, 3.05) is 6.61 Å². The van der Waals surface area contributed by atoms with Crippen molar-refractivity contribution in [3.8, 4) is 28.5 Å². The third-order valence-corrected chi connectivity index (χ3v) is 7.40. The first-order valence-electron chi connectivity index (χ1n) is 13.3. The molecule has 198 valence electrons. The SMILES string of the molecule is CCOC(=O)C1(c2ccc(-c3ccc(-c4cnn(C)c4Cc4cncc(C(C)C)n4)nc3)c(CC#N)c2)CC1. The van der Waals surface area contributed by atoms with Crippen LogP contribution in [0.4, 0.5) is 0 Å². The molecule has 1 aliphatic rings. The Labute approximate surface area is 228 Å². The molecule has 0 amide bonds. The first kappa shape index (κ1) is 26.2. The van der Waals surface area contributed by atoms with E-state index in [4.69, 9.17) is 14.7 Å². The Kier molecular flexibility index (Phi) is 7.25. The van der Waals surface area contributed by atoms with E-state index in [1.54, 1.807) is 6.20 Å². The van der Waals surface area contributed by atoms with E-state index in [1.807, 2.05) is 67.6 Å². The Hall–Kier alpha value is -4.38. The van der Waals surface area contributed by atoms with E-state index in [2.05, 4.69) is 30.0 Å². The van der Waals surface area contributed by atoms with Gasteiger partial charge in [0.1, 0.15) is 0 Å². The van der Waals surface area contributed by atoms with Crippen molar-refractivity contribution in [3.05, 3.63) is 83.3 Å². The number of aromatic nitrogens is 5. The molecule has 3 aromatic heterocycles. The number of pyridine rings is 1. The van der Waals surface area contributed by atoms with E-state index < -0.39 is 5.41 Å². The summed E-state index contributed by atoms with van der Waals surface area (Å²) in [5.41, 5.74) is 7.70. The van der Waals surface area contributed by atoms with E-state index in [-0.39, 0.29) is 12.4 Å². The van der Waals surface area contributed by atoms with E-state index in [1.165, 1.54) is 0 Å². The predicted octanol–water partition coefficient (Wildman–Crippen LogP) is 5.31. The Morgan fingerprint density at radius 3 is 2.62 bits per heavy atom. The number of benzene rings is 1. The maximum Gasteiger partial charge on any atom is 0.316 e. The molecule has 4 aromatic rings. The van der Waals surface area contributed by atoms with Crippen molar-refractivity contribution in [2.24, 2.45) is 7.05 Å². The second kappa shape index (κ2) is 10.8. The zero-order chi connectivity index (χ0) is 27.6. The number of aryl methyl sites for hydroxylation is 1. The Balaban J connectivity index is 1.43. The molecular formula is C31H32N6O2. The third-order valence-electron chi connectivity index (χ3n) is 7.40. The average molecular weight is 521 g/mol. The summed E-state index contributed by atoms with van der Waals surface area (Å²) in [6.45, 7) is 6.39. The molecule has 0 aliphatic heterocycles. The summed E-state index contributed by atoms with van der Waals surface area (Å²) in [4.78, 5) is 26.5. The highest BCUT2D eigenvalue weighted by atomic mass is 16.5. The van der Waals surface area contributed by atoms with Crippen molar-refractivity contribution < 1.29 is 9.53 Å². The molecule has 3 heterocycles. The number of rotatable bonds is 9. The Bertz CT molecular complexity index is 1540. The van der Waals surface area contributed by atoms with Gasteiger partial charge in [-0.25, -0.2) is 0 Å². The lowest BCUT2D eigenvalue weighted by atomic mass is 9.89. The number of hydrogen-bond donors (Lipinski definition) is 0. The van der Waals surface area contributed by atoms with E-state index in [9.17, 15) is 10.1 Å². The lowest BCUT2D eigenvalue weighted by Crippen LogP contribution is -2.23. The number of nitrogens with zero attached hydrogens (tertiary/aromatic N) is 6. The van der Waals surface area contributed by atoms with Crippen LogP contribution in [0.5, 0.6) is 0 Å². The molecule has 1 saturated carbocycles. The van der Waals surface area contributed by atoms with Gasteiger partial charge in [0.05, 0.1) is 53.5 Å². The van der Waals surface area contributed by atoms with Gasteiger partial charge in [-0.2, -0.15) is 10.4 Å². The lowest BCUT2D eigenvalue weighted by Gasteiger charge is -2.17. The minimum absolute atomic E-state index is 0.180. The largest absolute Gasteiger partial charge is 0.465 e. The highest BCUT2D eigenvalue weighted by Gasteiger charge is 2.52. The number of ether oxygens (including phenoxy) is 1. The highest BCUT2D eigenvalue weighted by Crippen LogP contribution is 2.50. The summed E-state index contributed by atoms with van der Waals surface area (Å²) in [7, 11) is 1.92. The fourth-order valence-electron chi connectivity index (χ4n) is 4.97. The number of carbonyl (C=O) groups excluding carboxylic acids is 1. The molecule has 1 fully saturated rings. The van der Waals surface area contributed by atoms with Gasteiger partial charge in [0.25, 0.3) is 0 Å². The van der Waals surface area contributed by atoms with Gasteiger partial charge < -0.3 is 4.74 Å². The minimum atomic E-state index is -0.573. The second-order valence-corrected chi connectivity index (χ2v) is 10.3. The summed E-state index contributed by atoms with van der Waals surface area (Å²) < 4.78 is 7.19. The van der Waals surface area contributed by atoms with Gasteiger partial charge in [0, 0.05) is 43.2 Å². The Morgan fingerprint density at radius 2 is 1.95 bits per heavy atom. The normalized spacial score (nSPS) is 13.7. The van der Waals surface area contributed by atoms with Crippen LogP contribution >= 0.6 is 0 Å². The molecule has 8 heteroatoms. The number of esters is 1. The molecule has 0 unspecified atom stereocenters. The fraction of sp³-hybridized carbons (Fsp3) is 0.355. The molecule has 1 aromatic carbocycles. The fourth-order valence-corrected chi connectivity index (χ4v) is 4.97. The summed E-state index contributed by atoms with van der Waals surface area (Å²) in [5, 5.41) is 14.0. The highest BCUT2D eigenvalue weighted by molar-refractivity contribution is 5.87. The van der Waals surface area contributed by atoms with Gasteiger partial charge in [-0.05, 0) is 48.4 Å². The van der Waals surface area contributed by atoms with Crippen LogP contribution in [0.25, 0.3) is 22.4 Å². The van der Waals surface area contributed by atoms with Crippen LogP contribution in [0.2, 0.25) is 0 Å². The average Bonchev–Trinajstić information content (AvgIpc) is 3.68. The number of nitriles is 1. The van der Waals surface area contributed by atoms with Crippen LogP contribution in [-0.4, -0.2) is 37.3 Å². The van der Waals surface area contributed by atoms with Crippen LogP contribution in [0.1, 0.15) is 67.7 Å². The maximum atomic E-state index is 12.6. The summed E-state index contributed by atoms with van der Waals surface area (Å²) in [5.74, 6) is 0.124. The van der Waals surface area contributed by atoms with Crippen molar-refractivity contribution in [1.82, 2.24) is 24.7 Å². The monoisotopic (exact) mass is 520 g/mol. The zero-order valence-electron chi connectivity index (χ0n) is 22.8. The number of hydrogen-bond acceptors (Lipinski definition) is 7. The smallest absolute Gasteiger partial charge is 0.316 e. The first-order chi connectivity index (χ1) is 18.9. The first-order valence-corrected chi connectivity index (χ1v) is 13.3. The molecule has 5 rings (SSSR count). The van der Waals surface area contributed by atoms with E-state index in [0.717, 1.165) is 63.4 Å². The second-order valence-electron chi connectivity index (χ2n) is 10.3. The molecule has 1 aliphatic carbocycles. The molecule has 0 saturated heterocycles. The summed E-state index contributed by atoms with van der Waals surface area (Å²) in [6.07, 6.45) is 9.66. The van der Waals surface area contributed by atoms with Crippen LogP contribution in [-0.2, 0) is 34.8 Å². The molecule has 0 atom stereocenters. The van der Waals surface area contributed by atoms with E-state index in [0.29, 0.717) is 18.9 Å². The van der Waals surface area contributed by atoms with Gasteiger partial charge >= 0.3 is 5.97 Å². The zero-order valence-corrected chi connectivity index (χ0v) is 22.8. The maximum absolute atomic E-state index is 12.6. The Morgan fingerprint density at radius 1 is 1.13 bits per heavy atom. The molecular weight excluding hydrogens is 488 g/mol. The topological polar surface area (TPSA) is 107 Å². The standard InChI is InChI=1S/C31H32N6O2/c1-5-39-30(38)31(11-12-31)23-7-8-25(21(14-23)10-13-32)22-6-9-27(34-16-22)26-18-35-37(4)29(26)15-24-17-33-19-28(36-24)20(2)3/h6-9,14,16-20H,5,10-12,15H2,1-4H3. The number of carbonyl (C=O) groups is 1. The van der Waals surface area contributed by atoms with Crippen molar-refractivity contribution >= 4 is 5.97 Å². The van der Waals surface area contributed by atoms with Crippen molar-refractivity contribution in [3.63, 3.8) is 0 Å². The van der Waals surface area contributed by atoms with Crippen LogP contribution in [0.15, 0.2) is 55.1 Å². The van der Waals surface area contributed by atoms with E-state index >= 15 is 0 Å². The third kappa shape index (κ3) is 5.17.